The van der Waals surface area contributed by atoms with Crippen molar-refractivity contribution < 1.29 is 19.0 Å². The molecule has 1 aliphatic heterocycles. The molecule has 1 heterocycles. The van der Waals surface area contributed by atoms with E-state index < -0.39 is 6.04 Å². The van der Waals surface area contributed by atoms with Crippen molar-refractivity contribution in [3.63, 3.8) is 0 Å². The highest BCUT2D eigenvalue weighted by Crippen LogP contribution is 2.35. The summed E-state index contributed by atoms with van der Waals surface area (Å²) in [5.41, 5.74) is 3.05. The summed E-state index contributed by atoms with van der Waals surface area (Å²) in [5, 5.41) is 6.65. The van der Waals surface area contributed by atoms with Crippen molar-refractivity contribution in [3.8, 4) is 11.5 Å². The number of esters is 1. The third-order valence-corrected chi connectivity index (χ3v) is 4.89. The van der Waals surface area contributed by atoms with Crippen molar-refractivity contribution in [2.45, 2.75) is 46.4 Å². The highest BCUT2D eigenvalue weighted by atomic mass is 32.1. The first-order valence-corrected chi connectivity index (χ1v) is 10.7. The van der Waals surface area contributed by atoms with Gasteiger partial charge in [-0.15, -0.1) is 0 Å². The van der Waals surface area contributed by atoms with E-state index in [0.717, 1.165) is 11.1 Å². The number of allylic oxidation sites excluding steroid dienone is 1. The van der Waals surface area contributed by atoms with Crippen LogP contribution in [0.4, 0.5) is 0 Å². The molecule has 0 fully saturated rings. The van der Waals surface area contributed by atoms with Crippen LogP contribution in [-0.4, -0.2) is 23.8 Å². The maximum atomic E-state index is 12.8. The van der Waals surface area contributed by atoms with E-state index in [1.807, 2.05) is 76.2 Å². The Balaban J connectivity index is 1.91. The monoisotopic (exact) mass is 440 g/mol. The molecular formula is C24H28N2O4S. The van der Waals surface area contributed by atoms with Crippen LogP contribution in [0.15, 0.2) is 59.8 Å². The van der Waals surface area contributed by atoms with Gasteiger partial charge in [0.25, 0.3) is 0 Å². The largest absolute Gasteiger partial charge is 0.490 e. The number of carbonyl (C=O) groups is 1. The molecule has 0 aromatic heterocycles. The molecule has 1 atom stereocenters. The molecule has 0 unspecified atom stereocenters. The lowest BCUT2D eigenvalue weighted by atomic mass is 9.95. The average Bonchev–Trinajstić information content (AvgIpc) is 2.72. The first-order chi connectivity index (χ1) is 14.9. The van der Waals surface area contributed by atoms with Gasteiger partial charge < -0.3 is 24.8 Å². The van der Waals surface area contributed by atoms with Gasteiger partial charge in [-0.2, -0.15) is 0 Å². The summed E-state index contributed by atoms with van der Waals surface area (Å²) in [6.45, 7) is 8.30. The van der Waals surface area contributed by atoms with Crippen LogP contribution >= 0.6 is 12.2 Å². The molecule has 0 radical (unpaired) electrons. The predicted octanol–water partition coefficient (Wildman–Crippen LogP) is 4.41. The quantitative estimate of drug-likeness (QED) is 0.465. The van der Waals surface area contributed by atoms with Gasteiger partial charge in [-0.1, -0.05) is 36.4 Å². The zero-order valence-electron chi connectivity index (χ0n) is 18.2. The fraction of sp³-hybridized carbons (Fsp3) is 0.333. The molecule has 0 aliphatic carbocycles. The number of thiocarbonyl (C=S) groups is 1. The van der Waals surface area contributed by atoms with Gasteiger partial charge in [0.1, 0.15) is 6.61 Å². The first-order valence-electron chi connectivity index (χ1n) is 10.3. The number of ether oxygens (including phenoxy) is 3. The van der Waals surface area contributed by atoms with E-state index in [2.05, 4.69) is 10.6 Å². The number of rotatable bonds is 8. The molecule has 0 saturated carbocycles. The Morgan fingerprint density at radius 1 is 1.10 bits per heavy atom. The van der Waals surface area contributed by atoms with Crippen LogP contribution in [0.25, 0.3) is 0 Å². The Labute approximate surface area is 188 Å². The van der Waals surface area contributed by atoms with E-state index in [4.69, 9.17) is 26.4 Å². The smallest absolute Gasteiger partial charge is 0.338 e. The Hall–Kier alpha value is -3.06. The minimum atomic E-state index is -0.456. The van der Waals surface area contributed by atoms with Crippen molar-refractivity contribution in [2.75, 3.05) is 6.61 Å². The number of hydrogen-bond acceptors (Lipinski definition) is 5. The van der Waals surface area contributed by atoms with Gasteiger partial charge in [-0.25, -0.2) is 4.79 Å². The molecule has 31 heavy (non-hydrogen) atoms. The summed E-state index contributed by atoms with van der Waals surface area (Å²) in [6, 6.07) is 15.1. The lowest BCUT2D eigenvalue weighted by Gasteiger charge is -2.30. The van der Waals surface area contributed by atoms with Crippen LogP contribution in [0.1, 0.15) is 44.9 Å². The fourth-order valence-electron chi connectivity index (χ4n) is 3.32. The number of nitrogens with one attached hydrogen (secondary N) is 2. The molecule has 2 N–H and O–H groups in total. The van der Waals surface area contributed by atoms with Crippen molar-refractivity contribution in [2.24, 2.45) is 0 Å². The number of carbonyl (C=O) groups excluding carboxylic acids is 1. The maximum absolute atomic E-state index is 12.8. The molecule has 0 spiro atoms. The SMILES string of the molecule is CCOc1cc([C@H]2NC(=S)NC(C)=C2C(=O)OC(C)C)ccc1OCc1ccccc1. The Morgan fingerprint density at radius 3 is 2.52 bits per heavy atom. The van der Waals surface area contributed by atoms with Crippen LogP contribution in [0.5, 0.6) is 11.5 Å². The summed E-state index contributed by atoms with van der Waals surface area (Å²) in [5.74, 6) is 0.858. The van der Waals surface area contributed by atoms with E-state index in [0.29, 0.717) is 41.1 Å². The van der Waals surface area contributed by atoms with Crippen molar-refractivity contribution in [1.82, 2.24) is 10.6 Å². The molecular weight excluding hydrogens is 412 g/mol. The van der Waals surface area contributed by atoms with Gasteiger partial charge in [0.2, 0.25) is 0 Å². The van der Waals surface area contributed by atoms with Crippen LogP contribution < -0.4 is 20.1 Å². The molecule has 2 aromatic carbocycles. The molecule has 6 nitrogen and oxygen atoms in total. The highest BCUT2D eigenvalue weighted by molar-refractivity contribution is 7.80. The zero-order chi connectivity index (χ0) is 22.4. The lowest BCUT2D eigenvalue weighted by Crippen LogP contribution is -2.45. The molecule has 0 bridgehead atoms. The zero-order valence-corrected chi connectivity index (χ0v) is 19.0. The van der Waals surface area contributed by atoms with Gasteiger partial charge in [-0.3, -0.25) is 0 Å². The molecule has 2 aromatic rings. The van der Waals surface area contributed by atoms with E-state index in [1.54, 1.807) is 0 Å². The summed E-state index contributed by atoms with van der Waals surface area (Å²) in [7, 11) is 0. The topological polar surface area (TPSA) is 68.8 Å². The van der Waals surface area contributed by atoms with Crippen LogP contribution in [0, 0.1) is 0 Å². The van der Waals surface area contributed by atoms with Crippen LogP contribution in [0.3, 0.4) is 0 Å². The molecule has 0 saturated heterocycles. The van der Waals surface area contributed by atoms with Crippen molar-refractivity contribution in [3.05, 3.63) is 70.9 Å². The van der Waals surface area contributed by atoms with Crippen LogP contribution in [0.2, 0.25) is 0 Å². The molecule has 164 valence electrons. The molecule has 1 aliphatic rings. The van der Waals surface area contributed by atoms with Crippen molar-refractivity contribution in [1.29, 1.82) is 0 Å². The second-order valence-electron chi connectivity index (χ2n) is 7.44. The minimum absolute atomic E-state index is 0.227. The van der Waals surface area contributed by atoms with Gasteiger partial charge in [-0.05, 0) is 63.2 Å². The predicted molar refractivity (Wildman–Crippen MR) is 124 cm³/mol. The fourth-order valence-corrected chi connectivity index (χ4v) is 3.59. The Bertz CT molecular complexity index is 973. The highest BCUT2D eigenvalue weighted by Gasteiger charge is 2.32. The maximum Gasteiger partial charge on any atom is 0.338 e. The van der Waals surface area contributed by atoms with Gasteiger partial charge in [0, 0.05) is 5.70 Å². The van der Waals surface area contributed by atoms with Gasteiger partial charge in [0.05, 0.1) is 24.3 Å². The lowest BCUT2D eigenvalue weighted by molar-refractivity contribution is -0.143. The third-order valence-electron chi connectivity index (χ3n) is 4.67. The summed E-state index contributed by atoms with van der Waals surface area (Å²) in [6.07, 6.45) is -0.227. The van der Waals surface area contributed by atoms with E-state index in [-0.39, 0.29) is 12.1 Å². The minimum Gasteiger partial charge on any atom is -0.490 e. The number of hydrogen-bond donors (Lipinski definition) is 2. The summed E-state index contributed by atoms with van der Waals surface area (Å²) in [4.78, 5) is 12.8. The molecule has 0 amide bonds. The van der Waals surface area contributed by atoms with E-state index in [9.17, 15) is 4.79 Å². The van der Waals surface area contributed by atoms with E-state index >= 15 is 0 Å². The molecule has 3 rings (SSSR count). The summed E-state index contributed by atoms with van der Waals surface area (Å²) < 4.78 is 17.3. The Morgan fingerprint density at radius 2 is 1.84 bits per heavy atom. The number of benzene rings is 2. The van der Waals surface area contributed by atoms with Gasteiger partial charge in [0.15, 0.2) is 16.6 Å². The standard InChI is InChI=1S/C24H28N2O4S/c1-5-28-20-13-18(11-12-19(20)29-14-17-9-7-6-8-10-17)22-21(23(27)30-15(2)3)16(4)25-24(31)26-22/h6-13,15,22H,5,14H2,1-4H3,(H2,25,26,31)/t22-/m1/s1. The molecule has 7 heteroatoms. The Kier molecular flexibility index (Phi) is 7.52. The third kappa shape index (κ3) is 5.76. The van der Waals surface area contributed by atoms with Gasteiger partial charge >= 0.3 is 5.97 Å². The van der Waals surface area contributed by atoms with E-state index in [1.165, 1.54) is 0 Å². The average molecular weight is 441 g/mol. The second-order valence-corrected chi connectivity index (χ2v) is 7.85. The normalized spacial score (nSPS) is 15.9. The summed E-state index contributed by atoms with van der Waals surface area (Å²) >= 11 is 5.33. The van der Waals surface area contributed by atoms with Crippen LogP contribution in [-0.2, 0) is 16.1 Å². The first kappa shape index (κ1) is 22.6. The second kappa shape index (κ2) is 10.3. The van der Waals surface area contributed by atoms with Crippen molar-refractivity contribution >= 4 is 23.3 Å².